The highest BCUT2D eigenvalue weighted by atomic mass is 16.5. The zero-order chi connectivity index (χ0) is 23.4. The number of nitrogens with zero attached hydrogens (tertiary/aromatic N) is 2. The molecule has 0 saturated carbocycles. The first-order valence-corrected chi connectivity index (χ1v) is 10.1. The zero-order valence-corrected chi connectivity index (χ0v) is 18.6. The minimum atomic E-state index is -0.201. The number of carbonyl (C=O) groups excluding carboxylic acids is 1. The van der Waals surface area contributed by atoms with Crippen molar-refractivity contribution in [3.63, 3.8) is 0 Å². The molecule has 170 valence electrons. The molecule has 0 aliphatic heterocycles. The SMILES string of the molecule is CNC(=O)c1ccccc1Nc1nc(Nc2cc(OC)c(OC)c(OC)c2)nc2[nH]ccc12. The van der Waals surface area contributed by atoms with Crippen molar-refractivity contribution in [2.24, 2.45) is 0 Å². The lowest BCUT2D eigenvalue weighted by Crippen LogP contribution is -2.19. The van der Waals surface area contributed by atoms with E-state index in [0.29, 0.717) is 51.6 Å². The molecule has 0 bridgehead atoms. The fourth-order valence-electron chi connectivity index (χ4n) is 3.43. The summed E-state index contributed by atoms with van der Waals surface area (Å²) in [6.45, 7) is 0. The summed E-state index contributed by atoms with van der Waals surface area (Å²) in [4.78, 5) is 24.6. The van der Waals surface area contributed by atoms with Crippen LogP contribution in [-0.4, -0.2) is 49.2 Å². The van der Waals surface area contributed by atoms with Crippen LogP contribution < -0.4 is 30.2 Å². The lowest BCUT2D eigenvalue weighted by Gasteiger charge is -2.15. The molecule has 0 radical (unpaired) electrons. The van der Waals surface area contributed by atoms with Crippen molar-refractivity contribution in [3.8, 4) is 17.2 Å². The number of ether oxygens (including phenoxy) is 3. The predicted molar refractivity (Wildman–Crippen MR) is 126 cm³/mol. The molecule has 2 aromatic carbocycles. The number of amides is 1. The maximum atomic E-state index is 12.3. The lowest BCUT2D eigenvalue weighted by molar-refractivity contribution is 0.0964. The molecule has 2 heterocycles. The van der Waals surface area contributed by atoms with E-state index in [1.54, 1.807) is 58.8 Å². The van der Waals surface area contributed by atoms with E-state index in [1.807, 2.05) is 18.2 Å². The summed E-state index contributed by atoms with van der Waals surface area (Å²) >= 11 is 0. The Morgan fingerprint density at radius 1 is 0.939 bits per heavy atom. The number of nitrogens with one attached hydrogen (secondary N) is 4. The van der Waals surface area contributed by atoms with Crippen molar-refractivity contribution in [3.05, 3.63) is 54.2 Å². The highest BCUT2D eigenvalue weighted by molar-refractivity contribution is 6.01. The van der Waals surface area contributed by atoms with E-state index < -0.39 is 0 Å². The monoisotopic (exact) mass is 448 g/mol. The quantitative estimate of drug-likeness (QED) is 0.321. The van der Waals surface area contributed by atoms with Crippen molar-refractivity contribution in [1.29, 1.82) is 0 Å². The normalized spacial score (nSPS) is 10.5. The number of fused-ring (bicyclic) bond motifs is 1. The van der Waals surface area contributed by atoms with Gasteiger partial charge in [-0.3, -0.25) is 4.79 Å². The van der Waals surface area contributed by atoms with Gasteiger partial charge >= 0.3 is 0 Å². The van der Waals surface area contributed by atoms with E-state index in [0.717, 1.165) is 5.39 Å². The summed E-state index contributed by atoms with van der Waals surface area (Å²) in [6.07, 6.45) is 1.78. The largest absolute Gasteiger partial charge is 0.493 e. The van der Waals surface area contributed by atoms with Gasteiger partial charge in [-0.15, -0.1) is 0 Å². The molecule has 4 rings (SSSR count). The number of hydrogen-bond acceptors (Lipinski definition) is 8. The fraction of sp³-hybridized carbons (Fsp3) is 0.174. The van der Waals surface area contributed by atoms with Crippen LogP contribution in [0, 0.1) is 0 Å². The van der Waals surface area contributed by atoms with Gasteiger partial charge in [0.1, 0.15) is 11.5 Å². The average Bonchev–Trinajstić information content (AvgIpc) is 3.32. The van der Waals surface area contributed by atoms with Crippen molar-refractivity contribution < 1.29 is 19.0 Å². The molecule has 10 heteroatoms. The Morgan fingerprint density at radius 2 is 1.67 bits per heavy atom. The number of carbonyl (C=O) groups is 1. The second kappa shape index (κ2) is 9.35. The molecule has 4 aromatic rings. The summed E-state index contributed by atoms with van der Waals surface area (Å²) in [5.41, 5.74) is 2.39. The van der Waals surface area contributed by atoms with Crippen molar-refractivity contribution in [1.82, 2.24) is 20.3 Å². The summed E-state index contributed by atoms with van der Waals surface area (Å²) in [5.74, 6) is 2.15. The predicted octanol–water partition coefficient (Wildman–Crippen LogP) is 3.83. The van der Waals surface area contributed by atoms with Gasteiger partial charge in [0.2, 0.25) is 11.7 Å². The van der Waals surface area contributed by atoms with Gasteiger partial charge in [0.25, 0.3) is 5.91 Å². The van der Waals surface area contributed by atoms with Gasteiger partial charge in [0.05, 0.1) is 38.0 Å². The van der Waals surface area contributed by atoms with Gasteiger partial charge in [0.15, 0.2) is 11.5 Å². The molecule has 0 aliphatic rings. The fourth-order valence-corrected chi connectivity index (χ4v) is 3.43. The Kier molecular flexibility index (Phi) is 6.16. The van der Waals surface area contributed by atoms with Crippen LogP contribution in [0.3, 0.4) is 0 Å². The zero-order valence-electron chi connectivity index (χ0n) is 18.6. The first-order valence-electron chi connectivity index (χ1n) is 10.1. The number of anilines is 4. The first kappa shape index (κ1) is 21.8. The summed E-state index contributed by atoms with van der Waals surface area (Å²) in [5, 5.41) is 9.87. The first-order chi connectivity index (χ1) is 16.1. The number of aromatic amines is 1. The topological polar surface area (TPSA) is 122 Å². The minimum Gasteiger partial charge on any atom is -0.493 e. The summed E-state index contributed by atoms with van der Waals surface area (Å²) in [7, 11) is 6.24. The highest BCUT2D eigenvalue weighted by Gasteiger charge is 2.16. The molecule has 33 heavy (non-hydrogen) atoms. The van der Waals surface area contributed by atoms with Crippen molar-refractivity contribution in [2.45, 2.75) is 0 Å². The number of hydrogen-bond donors (Lipinski definition) is 4. The van der Waals surface area contributed by atoms with Gasteiger partial charge in [0, 0.05) is 31.1 Å². The number of methoxy groups -OCH3 is 3. The van der Waals surface area contributed by atoms with E-state index in [2.05, 4.69) is 30.9 Å². The number of rotatable bonds is 8. The average molecular weight is 448 g/mol. The van der Waals surface area contributed by atoms with Crippen LogP contribution in [0.5, 0.6) is 17.2 Å². The molecule has 0 fully saturated rings. The third-order valence-electron chi connectivity index (χ3n) is 4.99. The number of benzene rings is 2. The number of H-pyrrole nitrogens is 1. The molecule has 10 nitrogen and oxygen atoms in total. The standard InChI is InChI=1S/C23H24N6O4/c1-24-22(30)14-7-5-6-8-16(14)27-21-15-9-10-25-20(15)28-23(29-21)26-13-11-17(31-2)19(33-4)18(12-13)32-3/h5-12H,1-4H3,(H,24,30)(H3,25,26,27,28,29). The lowest BCUT2D eigenvalue weighted by atomic mass is 10.1. The van der Waals surface area contributed by atoms with Gasteiger partial charge < -0.3 is 35.1 Å². The van der Waals surface area contributed by atoms with Crippen LogP contribution in [0.15, 0.2) is 48.7 Å². The maximum Gasteiger partial charge on any atom is 0.253 e. The number of para-hydroxylation sites is 1. The van der Waals surface area contributed by atoms with Gasteiger partial charge in [-0.05, 0) is 18.2 Å². The van der Waals surface area contributed by atoms with Crippen LogP contribution in [0.4, 0.5) is 23.1 Å². The van der Waals surface area contributed by atoms with Crippen LogP contribution in [0.25, 0.3) is 11.0 Å². The van der Waals surface area contributed by atoms with E-state index in [9.17, 15) is 4.79 Å². The number of aromatic nitrogens is 3. The summed E-state index contributed by atoms with van der Waals surface area (Å²) < 4.78 is 16.2. The third-order valence-corrected chi connectivity index (χ3v) is 4.99. The van der Waals surface area contributed by atoms with E-state index in [1.165, 1.54) is 0 Å². The van der Waals surface area contributed by atoms with Crippen LogP contribution in [0.2, 0.25) is 0 Å². The van der Waals surface area contributed by atoms with Crippen molar-refractivity contribution in [2.75, 3.05) is 39.0 Å². The minimum absolute atomic E-state index is 0.201. The third kappa shape index (κ3) is 4.31. The molecule has 0 spiro atoms. The second-order valence-corrected chi connectivity index (χ2v) is 6.92. The molecule has 0 aliphatic carbocycles. The maximum absolute atomic E-state index is 12.3. The molecule has 4 N–H and O–H groups in total. The van der Waals surface area contributed by atoms with Crippen LogP contribution in [-0.2, 0) is 0 Å². The van der Waals surface area contributed by atoms with Gasteiger partial charge in [-0.1, -0.05) is 12.1 Å². The molecule has 0 saturated heterocycles. The summed E-state index contributed by atoms with van der Waals surface area (Å²) in [6, 6.07) is 12.6. The Hall–Kier alpha value is -4.47. The second-order valence-electron chi connectivity index (χ2n) is 6.92. The Labute approximate surface area is 190 Å². The molecule has 2 aromatic heterocycles. The Bertz CT molecular complexity index is 1280. The molecule has 1 amide bonds. The molecular weight excluding hydrogens is 424 g/mol. The molecule has 0 unspecified atom stereocenters. The van der Waals surface area contributed by atoms with E-state index >= 15 is 0 Å². The Balaban J connectivity index is 1.73. The van der Waals surface area contributed by atoms with Crippen molar-refractivity contribution >= 4 is 40.1 Å². The van der Waals surface area contributed by atoms with Gasteiger partial charge in [-0.25, -0.2) is 0 Å². The van der Waals surface area contributed by atoms with Gasteiger partial charge in [-0.2, -0.15) is 9.97 Å². The van der Waals surface area contributed by atoms with E-state index in [-0.39, 0.29) is 5.91 Å². The smallest absolute Gasteiger partial charge is 0.253 e. The van der Waals surface area contributed by atoms with Crippen LogP contribution >= 0.6 is 0 Å². The van der Waals surface area contributed by atoms with E-state index in [4.69, 9.17) is 14.2 Å². The Morgan fingerprint density at radius 3 is 2.33 bits per heavy atom. The van der Waals surface area contributed by atoms with Crippen LogP contribution in [0.1, 0.15) is 10.4 Å². The molecular formula is C23H24N6O4. The highest BCUT2D eigenvalue weighted by Crippen LogP contribution is 2.40. The molecule has 0 atom stereocenters.